The molecule has 0 radical (unpaired) electrons. The van der Waals surface area contributed by atoms with Gasteiger partial charge in [0.1, 0.15) is 23.8 Å². The molecule has 0 atom stereocenters. The third kappa shape index (κ3) is 3.03. The highest BCUT2D eigenvalue weighted by Crippen LogP contribution is 2.27. The first-order valence-electron chi connectivity index (χ1n) is 7.45. The standard InChI is InChI=1S/C17H18N4/c18-11-15-16(13-7-3-1-4-8-13)19-12-20-17(15)21-14-9-5-2-6-10-14/h1,3-4,7-8,12,14H,2,5-6,9-10H2,(H,19,20,21). The molecular weight excluding hydrogens is 260 g/mol. The van der Waals surface area contributed by atoms with Gasteiger partial charge in [-0.1, -0.05) is 49.6 Å². The highest BCUT2D eigenvalue weighted by atomic mass is 15.0. The van der Waals surface area contributed by atoms with Crippen LogP contribution in [0.5, 0.6) is 0 Å². The van der Waals surface area contributed by atoms with Gasteiger partial charge in [0.15, 0.2) is 0 Å². The highest BCUT2D eigenvalue weighted by molar-refractivity contribution is 5.72. The number of nitriles is 1. The van der Waals surface area contributed by atoms with Crippen LogP contribution >= 0.6 is 0 Å². The van der Waals surface area contributed by atoms with Crippen molar-refractivity contribution in [3.05, 3.63) is 42.2 Å². The van der Waals surface area contributed by atoms with Crippen LogP contribution in [0.25, 0.3) is 11.3 Å². The highest BCUT2D eigenvalue weighted by Gasteiger charge is 2.18. The van der Waals surface area contributed by atoms with Crippen molar-refractivity contribution in [1.82, 2.24) is 9.97 Å². The third-order valence-electron chi connectivity index (χ3n) is 3.95. The maximum Gasteiger partial charge on any atom is 0.148 e. The molecule has 0 unspecified atom stereocenters. The molecule has 106 valence electrons. The van der Waals surface area contributed by atoms with Gasteiger partial charge in [-0.15, -0.1) is 0 Å². The molecule has 4 heteroatoms. The Balaban J connectivity index is 1.93. The lowest BCUT2D eigenvalue weighted by Gasteiger charge is -2.23. The van der Waals surface area contributed by atoms with Gasteiger partial charge < -0.3 is 5.32 Å². The van der Waals surface area contributed by atoms with Crippen molar-refractivity contribution >= 4 is 5.82 Å². The fraction of sp³-hybridized carbons (Fsp3) is 0.353. The number of nitrogens with zero attached hydrogens (tertiary/aromatic N) is 3. The van der Waals surface area contributed by atoms with E-state index in [1.54, 1.807) is 0 Å². The molecule has 1 fully saturated rings. The van der Waals surface area contributed by atoms with Crippen molar-refractivity contribution in [3.63, 3.8) is 0 Å². The predicted octanol–water partition coefficient (Wildman–Crippen LogP) is 3.76. The smallest absolute Gasteiger partial charge is 0.148 e. The van der Waals surface area contributed by atoms with Crippen LogP contribution in [0.2, 0.25) is 0 Å². The summed E-state index contributed by atoms with van der Waals surface area (Å²) in [7, 11) is 0. The minimum absolute atomic E-state index is 0.421. The molecular formula is C17H18N4. The first-order valence-corrected chi connectivity index (χ1v) is 7.45. The minimum atomic E-state index is 0.421. The van der Waals surface area contributed by atoms with Crippen LogP contribution in [0.4, 0.5) is 5.82 Å². The van der Waals surface area contributed by atoms with E-state index in [0.717, 1.165) is 18.4 Å². The SMILES string of the molecule is N#Cc1c(NC2CCCCC2)ncnc1-c1ccccc1. The summed E-state index contributed by atoms with van der Waals surface area (Å²) in [6.45, 7) is 0. The molecule has 0 spiro atoms. The Morgan fingerprint density at radius 1 is 1.05 bits per heavy atom. The Bertz CT molecular complexity index is 640. The Kier molecular flexibility index (Phi) is 4.11. The van der Waals surface area contributed by atoms with Crippen molar-refractivity contribution in [2.75, 3.05) is 5.32 Å². The summed E-state index contributed by atoms with van der Waals surface area (Å²) in [5, 5.41) is 13.0. The largest absolute Gasteiger partial charge is 0.366 e. The van der Waals surface area contributed by atoms with Crippen LogP contribution in [0.1, 0.15) is 37.7 Å². The lowest BCUT2D eigenvalue weighted by molar-refractivity contribution is 0.462. The second-order valence-corrected chi connectivity index (χ2v) is 5.40. The zero-order valence-electron chi connectivity index (χ0n) is 11.9. The Morgan fingerprint density at radius 3 is 2.52 bits per heavy atom. The van der Waals surface area contributed by atoms with Crippen LogP contribution < -0.4 is 5.32 Å². The van der Waals surface area contributed by atoms with E-state index in [9.17, 15) is 5.26 Å². The molecule has 2 aromatic rings. The van der Waals surface area contributed by atoms with Gasteiger partial charge in [0.2, 0.25) is 0 Å². The fourth-order valence-corrected chi connectivity index (χ4v) is 2.86. The van der Waals surface area contributed by atoms with Gasteiger partial charge >= 0.3 is 0 Å². The molecule has 0 bridgehead atoms. The molecule has 4 nitrogen and oxygen atoms in total. The number of aromatic nitrogens is 2. The molecule has 3 rings (SSSR count). The van der Waals surface area contributed by atoms with Crippen LogP contribution in [0, 0.1) is 11.3 Å². The number of anilines is 1. The summed E-state index contributed by atoms with van der Waals surface area (Å²) in [6.07, 6.45) is 7.63. The van der Waals surface area contributed by atoms with Crippen LogP contribution in [0.15, 0.2) is 36.7 Å². The molecule has 0 aliphatic heterocycles. The Labute approximate surface area is 124 Å². The summed E-state index contributed by atoms with van der Waals surface area (Å²) in [6, 6.07) is 12.5. The van der Waals surface area contributed by atoms with Crippen LogP contribution in [0.3, 0.4) is 0 Å². The van der Waals surface area contributed by atoms with E-state index in [4.69, 9.17) is 0 Å². The second kappa shape index (κ2) is 6.36. The van der Waals surface area contributed by atoms with Gasteiger partial charge in [-0.2, -0.15) is 5.26 Å². The summed E-state index contributed by atoms with van der Waals surface area (Å²) in [5.41, 5.74) is 2.18. The number of nitrogens with one attached hydrogen (secondary N) is 1. The lowest BCUT2D eigenvalue weighted by atomic mass is 9.95. The molecule has 0 amide bonds. The van der Waals surface area contributed by atoms with Crippen molar-refractivity contribution in [2.24, 2.45) is 0 Å². The molecule has 0 saturated heterocycles. The van der Waals surface area contributed by atoms with Crippen molar-refractivity contribution in [2.45, 2.75) is 38.1 Å². The fourth-order valence-electron chi connectivity index (χ4n) is 2.86. The molecule has 1 saturated carbocycles. The first-order chi connectivity index (χ1) is 10.4. The summed E-state index contributed by atoms with van der Waals surface area (Å²) in [4.78, 5) is 8.58. The molecule has 1 aromatic heterocycles. The van der Waals surface area contributed by atoms with Gasteiger partial charge in [-0.05, 0) is 12.8 Å². The number of hydrogen-bond acceptors (Lipinski definition) is 4. The average molecular weight is 278 g/mol. The first kappa shape index (κ1) is 13.6. The number of hydrogen-bond donors (Lipinski definition) is 1. The Morgan fingerprint density at radius 2 is 1.81 bits per heavy atom. The van der Waals surface area contributed by atoms with E-state index in [-0.39, 0.29) is 0 Å². The predicted molar refractivity (Wildman–Crippen MR) is 82.7 cm³/mol. The zero-order chi connectivity index (χ0) is 14.5. The van der Waals surface area contributed by atoms with E-state index in [1.165, 1.54) is 25.6 Å². The summed E-state index contributed by atoms with van der Waals surface area (Å²) < 4.78 is 0. The molecule has 1 N–H and O–H groups in total. The van der Waals surface area contributed by atoms with E-state index >= 15 is 0 Å². The monoisotopic (exact) mass is 278 g/mol. The molecule has 1 aliphatic carbocycles. The van der Waals surface area contributed by atoms with Crippen LogP contribution in [-0.2, 0) is 0 Å². The van der Waals surface area contributed by atoms with Gasteiger partial charge in [0.25, 0.3) is 0 Å². The maximum absolute atomic E-state index is 9.52. The molecule has 21 heavy (non-hydrogen) atoms. The van der Waals surface area contributed by atoms with Crippen molar-refractivity contribution < 1.29 is 0 Å². The summed E-state index contributed by atoms with van der Waals surface area (Å²) >= 11 is 0. The number of rotatable bonds is 3. The average Bonchev–Trinajstić information content (AvgIpc) is 2.56. The molecule has 1 aromatic carbocycles. The van der Waals surface area contributed by atoms with E-state index in [0.29, 0.717) is 23.1 Å². The second-order valence-electron chi connectivity index (χ2n) is 5.40. The van der Waals surface area contributed by atoms with E-state index in [2.05, 4.69) is 21.4 Å². The van der Waals surface area contributed by atoms with Gasteiger partial charge in [0, 0.05) is 11.6 Å². The quantitative estimate of drug-likeness (QED) is 0.928. The lowest BCUT2D eigenvalue weighted by Crippen LogP contribution is -2.23. The van der Waals surface area contributed by atoms with E-state index < -0.39 is 0 Å². The minimum Gasteiger partial charge on any atom is -0.366 e. The van der Waals surface area contributed by atoms with Gasteiger partial charge in [-0.3, -0.25) is 0 Å². The van der Waals surface area contributed by atoms with Gasteiger partial charge in [0.05, 0.1) is 5.69 Å². The van der Waals surface area contributed by atoms with Crippen molar-refractivity contribution in [3.8, 4) is 17.3 Å². The molecule has 1 aliphatic rings. The van der Waals surface area contributed by atoms with Crippen molar-refractivity contribution in [1.29, 1.82) is 5.26 Å². The third-order valence-corrected chi connectivity index (χ3v) is 3.95. The normalized spacial score (nSPS) is 15.4. The van der Waals surface area contributed by atoms with Gasteiger partial charge in [-0.25, -0.2) is 9.97 Å². The topological polar surface area (TPSA) is 61.6 Å². The zero-order valence-corrected chi connectivity index (χ0v) is 11.9. The molecule has 1 heterocycles. The van der Waals surface area contributed by atoms with Crippen LogP contribution in [-0.4, -0.2) is 16.0 Å². The number of benzene rings is 1. The summed E-state index contributed by atoms with van der Waals surface area (Å²) in [5.74, 6) is 0.665. The van der Waals surface area contributed by atoms with E-state index in [1.807, 2.05) is 30.3 Å². The Hall–Kier alpha value is -2.41. The maximum atomic E-state index is 9.52.